The van der Waals surface area contributed by atoms with Crippen LogP contribution in [-0.4, -0.2) is 48.6 Å². The first kappa shape index (κ1) is 16.5. The third kappa shape index (κ3) is 4.33. The maximum Gasteiger partial charge on any atom is 0.221 e. The quantitative estimate of drug-likeness (QED) is 0.822. The van der Waals surface area contributed by atoms with E-state index in [4.69, 9.17) is 9.47 Å². The Labute approximate surface area is 140 Å². The highest BCUT2D eigenvalue weighted by atomic mass is 16.5. The summed E-state index contributed by atoms with van der Waals surface area (Å²) in [6.45, 7) is 2.50. The van der Waals surface area contributed by atoms with Gasteiger partial charge in [0.25, 0.3) is 0 Å². The van der Waals surface area contributed by atoms with Crippen molar-refractivity contribution in [1.29, 1.82) is 0 Å². The first-order chi connectivity index (χ1) is 11.7. The van der Waals surface area contributed by atoms with Gasteiger partial charge in [-0.1, -0.05) is 0 Å². The van der Waals surface area contributed by atoms with Crippen molar-refractivity contribution in [2.24, 2.45) is 0 Å². The standard InChI is InChI=1S/C17H22N4O3/c1-23-16-4-2-15(3-5-16)21-8-6-13(20-21)11-19-17(22)10-14-12-24-9-7-18-14/h2-6,8,14,18H,7,9-12H2,1H3,(H,19,22). The molecule has 2 N–H and O–H groups in total. The Morgan fingerprint density at radius 3 is 2.96 bits per heavy atom. The van der Waals surface area contributed by atoms with E-state index in [1.165, 1.54) is 0 Å². The lowest BCUT2D eigenvalue weighted by Gasteiger charge is -2.23. The third-order valence-electron chi connectivity index (χ3n) is 3.88. The van der Waals surface area contributed by atoms with Gasteiger partial charge in [0, 0.05) is 25.2 Å². The molecule has 1 aliphatic rings. The van der Waals surface area contributed by atoms with E-state index in [1.807, 2.05) is 36.5 Å². The molecule has 7 nitrogen and oxygen atoms in total. The number of methoxy groups -OCH3 is 1. The van der Waals surface area contributed by atoms with Crippen molar-refractivity contribution in [3.05, 3.63) is 42.2 Å². The van der Waals surface area contributed by atoms with Crippen LogP contribution in [0.1, 0.15) is 12.1 Å². The van der Waals surface area contributed by atoms with Crippen molar-refractivity contribution >= 4 is 5.91 Å². The van der Waals surface area contributed by atoms with Crippen molar-refractivity contribution in [1.82, 2.24) is 20.4 Å². The number of carbonyl (C=O) groups excluding carboxylic acids is 1. The van der Waals surface area contributed by atoms with Crippen LogP contribution < -0.4 is 15.4 Å². The maximum absolute atomic E-state index is 12.0. The van der Waals surface area contributed by atoms with Gasteiger partial charge in [-0.2, -0.15) is 5.10 Å². The highest BCUT2D eigenvalue weighted by molar-refractivity contribution is 5.76. The minimum Gasteiger partial charge on any atom is -0.497 e. The molecule has 1 aliphatic heterocycles. The number of benzene rings is 1. The van der Waals surface area contributed by atoms with Gasteiger partial charge in [0.2, 0.25) is 5.91 Å². The fourth-order valence-electron chi connectivity index (χ4n) is 2.57. The lowest BCUT2D eigenvalue weighted by molar-refractivity contribution is -0.122. The molecule has 0 spiro atoms. The molecular weight excluding hydrogens is 308 g/mol. The Balaban J connectivity index is 1.50. The Bertz CT molecular complexity index is 663. The van der Waals surface area contributed by atoms with E-state index in [2.05, 4.69) is 15.7 Å². The van der Waals surface area contributed by atoms with Gasteiger partial charge >= 0.3 is 0 Å². The number of carbonyl (C=O) groups is 1. The smallest absolute Gasteiger partial charge is 0.221 e. The number of nitrogens with one attached hydrogen (secondary N) is 2. The molecule has 0 bridgehead atoms. The molecule has 1 amide bonds. The summed E-state index contributed by atoms with van der Waals surface area (Å²) in [5, 5.41) is 10.6. The van der Waals surface area contributed by atoms with E-state index in [9.17, 15) is 4.79 Å². The van der Waals surface area contributed by atoms with Gasteiger partial charge in [-0.25, -0.2) is 4.68 Å². The van der Waals surface area contributed by atoms with Crippen LogP contribution in [0.5, 0.6) is 5.75 Å². The van der Waals surface area contributed by atoms with Crippen LogP contribution in [-0.2, 0) is 16.1 Å². The lowest BCUT2D eigenvalue weighted by atomic mass is 10.2. The summed E-state index contributed by atoms with van der Waals surface area (Å²) in [5.41, 5.74) is 1.75. The largest absolute Gasteiger partial charge is 0.497 e. The second-order valence-electron chi connectivity index (χ2n) is 5.66. The zero-order chi connectivity index (χ0) is 16.8. The van der Waals surface area contributed by atoms with Crippen molar-refractivity contribution in [3.8, 4) is 11.4 Å². The van der Waals surface area contributed by atoms with Crippen molar-refractivity contribution in [3.63, 3.8) is 0 Å². The van der Waals surface area contributed by atoms with E-state index in [0.717, 1.165) is 23.7 Å². The van der Waals surface area contributed by atoms with E-state index in [0.29, 0.717) is 26.2 Å². The summed E-state index contributed by atoms with van der Waals surface area (Å²) in [7, 11) is 1.64. The molecule has 1 fully saturated rings. The van der Waals surface area contributed by atoms with Crippen LogP contribution in [0.3, 0.4) is 0 Å². The van der Waals surface area contributed by atoms with Gasteiger partial charge in [0.05, 0.1) is 38.2 Å². The first-order valence-electron chi connectivity index (χ1n) is 8.01. The summed E-state index contributed by atoms with van der Waals surface area (Å²) in [5.74, 6) is 0.802. The zero-order valence-corrected chi connectivity index (χ0v) is 13.7. The molecule has 2 heterocycles. The molecular formula is C17H22N4O3. The highest BCUT2D eigenvalue weighted by Gasteiger charge is 2.16. The Morgan fingerprint density at radius 2 is 2.25 bits per heavy atom. The minimum absolute atomic E-state index is 0.00278. The molecule has 1 saturated heterocycles. The molecule has 1 aromatic carbocycles. The number of hydrogen-bond acceptors (Lipinski definition) is 5. The average molecular weight is 330 g/mol. The maximum atomic E-state index is 12.0. The summed E-state index contributed by atoms with van der Waals surface area (Å²) in [6, 6.07) is 9.63. The molecule has 128 valence electrons. The van der Waals surface area contributed by atoms with Crippen LogP contribution in [0.15, 0.2) is 36.5 Å². The highest BCUT2D eigenvalue weighted by Crippen LogP contribution is 2.14. The van der Waals surface area contributed by atoms with Gasteiger partial charge in [0.15, 0.2) is 0 Å². The third-order valence-corrected chi connectivity index (χ3v) is 3.88. The number of nitrogens with zero attached hydrogens (tertiary/aromatic N) is 2. The number of rotatable bonds is 6. The fraction of sp³-hybridized carbons (Fsp3) is 0.412. The average Bonchev–Trinajstić information content (AvgIpc) is 3.10. The van der Waals surface area contributed by atoms with E-state index < -0.39 is 0 Å². The molecule has 1 unspecified atom stereocenters. The number of ether oxygens (including phenoxy) is 2. The fourth-order valence-corrected chi connectivity index (χ4v) is 2.57. The molecule has 1 aromatic heterocycles. The van der Waals surface area contributed by atoms with Gasteiger partial charge in [-0.15, -0.1) is 0 Å². The van der Waals surface area contributed by atoms with Crippen molar-refractivity contribution in [2.45, 2.75) is 19.0 Å². The predicted molar refractivity (Wildman–Crippen MR) is 89.2 cm³/mol. The normalized spacial score (nSPS) is 17.5. The van der Waals surface area contributed by atoms with Crippen LogP contribution in [0.25, 0.3) is 5.69 Å². The molecule has 0 aliphatic carbocycles. The lowest BCUT2D eigenvalue weighted by Crippen LogP contribution is -2.44. The molecule has 0 radical (unpaired) electrons. The Morgan fingerprint density at radius 1 is 1.42 bits per heavy atom. The Kier molecular flexibility index (Phi) is 5.45. The number of morpholine rings is 1. The van der Waals surface area contributed by atoms with Gasteiger partial charge < -0.3 is 20.1 Å². The summed E-state index contributed by atoms with van der Waals surface area (Å²) >= 11 is 0. The van der Waals surface area contributed by atoms with Crippen molar-refractivity contribution in [2.75, 3.05) is 26.9 Å². The predicted octanol–water partition coefficient (Wildman–Crippen LogP) is 0.876. The number of hydrogen-bond donors (Lipinski definition) is 2. The second-order valence-corrected chi connectivity index (χ2v) is 5.66. The SMILES string of the molecule is COc1ccc(-n2ccc(CNC(=O)CC3COCCN3)n2)cc1. The van der Waals surface area contributed by atoms with Gasteiger partial charge in [-0.3, -0.25) is 4.79 Å². The van der Waals surface area contributed by atoms with Crippen LogP contribution in [0.2, 0.25) is 0 Å². The zero-order valence-electron chi connectivity index (χ0n) is 13.7. The number of amides is 1. The van der Waals surface area contributed by atoms with Crippen LogP contribution in [0.4, 0.5) is 0 Å². The van der Waals surface area contributed by atoms with E-state index in [-0.39, 0.29) is 11.9 Å². The minimum atomic E-state index is -0.00278. The number of aromatic nitrogens is 2. The molecule has 0 saturated carbocycles. The van der Waals surface area contributed by atoms with E-state index in [1.54, 1.807) is 11.8 Å². The van der Waals surface area contributed by atoms with Crippen LogP contribution in [0, 0.1) is 0 Å². The molecule has 1 atom stereocenters. The summed E-state index contributed by atoms with van der Waals surface area (Å²) < 4.78 is 12.3. The van der Waals surface area contributed by atoms with Gasteiger partial charge in [-0.05, 0) is 30.3 Å². The Hall–Kier alpha value is -2.38. The molecule has 2 aromatic rings. The molecule has 3 rings (SSSR count). The van der Waals surface area contributed by atoms with Crippen molar-refractivity contribution < 1.29 is 14.3 Å². The second kappa shape index (κ2) is 7.94. The molecule has 7 heteroatoms. The van der Waals surface area contributed by atoms with Crippen LogP contribution >= 0.6 is 0 Å². The topological polar surface area (TPSA) is 77.4 Å². The van der Waals surface area contributed by atoms with E-state index >= 15 is 0 Å². The van der Waals surface area contributed by atoms with Gasteiger partial charge in [0.1, 0.15) is 5.75 Å². The summed E-state index contributed by atoms with van der Waals surface area (Å²) in [4.78, 5) is 12.0. The first-order valence-corrected chi connectivity index (χ1v) is 8.01. The monoisotopic (exact) mass is 330 g/mol. The molecule has 24 heavy (non-hydrogen) atoms. The summed E-state index contributed by atoms with van der Waals surface area (Å²) in [6.07, 6.45) is 2.29.